The Morgan fingerprint density at radius 3 is 2.66 bits per heavy atom. The van der Waals surface area contributed by atoms with Gasteiger partial charge in [-0.15, -0.1) is 11.3 Å². The van der Waals surface area contributed by atoms with Crippen molar-refractivity contribution in [2.24, 2.45) is 13.0 Å². The van der Waals surface area contributed by atoms with Gasteiger partial charge in [-0.2, -0.15) is 0 Å². The van der Waals surface area contributed by atoms with Gasteiger partial charge in [0.25, 0.3) is 5.91 Å². The molecular weight excluding hydrogens is 502 g/mol. The van der Waals surface area contributed by atoms with Gasteiger partial charge in [0.05, 0.1) is 39.9 Å². The van der Waals surface area contributed by atoms with Crippen LogP contribution in [0.1, 0.15) is 34.6 Å². The van der Waals surface area contributed by atoms with E-state index < -0.39 is 18.2 Å². The number of aryl methyl sites for hydroxylation is 1. The smallest absolute Gasteiger partial charge is 0.407 e. The van der Waals surface area contributed by atoms with Crippen LogP contribution >= 0.6 is 11.3 Å². The fraction of sp³-hybridized carbons (Fsp3) is 0.357. The number of thiazole rings is 1. The second-order valence-electron chi connectivity index (χ2n) is 9.71. The highest BCUT2D eigenvalue weighted by molar-refractivity contribution is 7.09. The summed E-state index contributed by atoms with van der Waals surface area (Å²) in [7, 11) is 1.88. The molecule has 38 heavy (non-hydrogen) atoms. The van der Waals surface area contributed by atoms with Crippen molar-refractivity contribution in [1.29, 1.82) is 0 Å². The van der Waals surface area contributed by atoms with Crippen molar-refractivity contribution in [3.63, 3.8) is 0 Å². The summed E-state index contributed by atoms with van der Waals surface area (Å²) in [6.07, 6.45) is 2.06. The Kier molecular flexibility index (Phi) is 9.09. The minimum absolute atomic E-state index is 0.0487. The summed E-state index contributed by atoms with van der Waals surface area (Å²) in [6, 6.07) is 14.3. The van der Waals surface area contributed by atoms with Gasteiger partial charge in [0, 0.05) is 31.9 Å². The molecule has 0 unspecified atom stereocenters. The van der Waals surface area contributed by atoms with Gasteiger partial charge in [-0.3, -0.25) is 9.78 Å². The van der Waals surface area contributed by atoms with Gasteiger partial charge in [0.2, 0.25) is 0 Å². The van der Waals surface area contributed by atoms with Crippen molar-refractivity contribution < 1.29 is 19.4 Å². The number of rotatable bonds is 11. The van der Waals surface area contributed by atoms with Crippen molar-refractivity contribution in [2.45, 2.75) is 39.0 Å². The molecule has 2 atom stereocenters. The number of aliphatic hydroxyl groups is 1. The van der Waals surface area contributed by atoms with E-state index in [9.17, 15) is 14.7 Å². The third-order valence-electron chi connectivity index (χ3n) is 6.15. The van der Waals surface area contributed by atoms with Crippen LogP contribution in [0.3, 0.4) is 0 Å². The molecule has 9 nitrogen and oxygen atoms in total. The van der Waals surface area contributed by atoms with Gasteiger partial charge < -0.3 is 24.6 Å². The molecule has 2 heterocycles. The molecular formula is C28H33N5O4S. The zero-order chi connectivity index (χ0) is 27.1. The summed E-state index contributed by atoms with van der Waals surface area (Å²) in [5, 5.41) is 14.2. The van der Waals surface area contributed by atoms with Gasteiger partial charge in [-0.05, 0) is 36.1 Å². The number of alkyl carbamates (subject to hydrolysis) is 1. The number of imidazole rings is 1. The fourth-order valence-corrected chi connectivity index (χ4v) is 4.78. The van der Waals surface area contributed by atoms with Crippen LogP contribution in [0.5, 0.6) is 0 Å². The molecule has 0 aliphatic carbocycles. The number of nitrogens with zero attached hydrogens (tertiary/aromatic N) is 4. The number of fused-ring (bicyclic) bond motifs is 1. The molecule has 0 saturated heterocycles. The lowest BCUT2D eigenvalue weighted by molar-refractivity contribution is 0.0494. The molecule has 200 valence electrons. The first-order valence-electron chi connectivity index (χ1n) is 12.5. The number of hydrogen-bond donors (Lipinski definition) is 2. The van der Waals surface area contributed by atoms with E-state index in [4.69, 9.17) is 4.74 Å². The van der Waals surface area contributed by atoms with Crippen LogP contribution in [0.2, 0.25) is 0 Å². The molecule has 0 bridgehead atoms. The topological polar surface area (TPSA) is 110 Å². The van der Waals surface area contributed by atoms with Gasteiger partial charge in [-0.1, -0.05) is 44.2 Å². The van der Waals surface area contributed by atoms with Gasteiger partial charge in [0.15, 0.2) is 0 Å². The Balaban J connectivity index is 1.51. The van der Waals surface area contributed by atoms with Crippen molar-refractivity contribution in [3.05, 3.63) is 82.6 Å². The Morgan fingerprint density at radius 2 is 1.95 bits per heavy atom. The van der Waals surface area contributed by atoms with Crippen molar-refractivity contribution in [2.75, 3.05) is 13.1 Å². The fourth-order valence-electron chi connectivity index (χ4n) is 4.27. The van der Waals surface area contributed by atoms with Crippen LogP contribution in [-0.2, 0) is 24.8 Å². The molecule has 0 fully saturated rings. The number of ether oxygens (including phenoxy) is 1. The maximum Gasteiger partial charge on any atom is 0.407 e. The lowest BCUT2D eigenvalue weighted by Crippen LogP contribution is -2.51. The Bertz CT molecular complexity index is 1340. The molecule has 0 radical (unpaired) electrons. The van der Waals surface area contributed by atoms with Gasteiger partial charge >= 0.3 is 6.09 Å². The standard InChI is InChI=1S/C28H33N5O4S/c1-19(2)14-33(27(35)21-9-10-23-25(12-21)32(3)17-30-23)15-26(34)24(11-20-7-5-4-6-8-20)31-28(36)37-16-22-13-29-18-38-22/h4-10,12-13,17-19,24,26,34H,11,14-16H2,1-3H3,(H,31,36)/t24-,26+/m0/s1. The van der Waals surface area contributed by atoms with Crippen molar-refractivity contribution >= 4 is 34.4 Å². The number of carbonyl (C=O) groups excluding carboxylic acids is 2. The molecule has 2 aromatic carbocycles. The molecule has 2 N–H and O–H groups in total. The molecule has 10 heteroatoms. The maximum absolute atomic E-state index is 13.6. The van der Waals surface area contributed by atoms with E-state index in [-0.39, 0.29) is 25.0 Å². The molecule has 2 aromatic heterocycles. The number of carbonyl (C=O) groups is 2. The zero-order valence-electron chi connectivity index (χ0n) is 21.8. The highest BCUT2D eigenvalue weighted by atomic mass is 32.1. The highest BCUT2D eigenvalue weighted by Gasteiger charge is 2.28. The van der Waals surface area contributed by atoms with Crippen molar-refractivity contribution in [1.82, 2.24) is 24.8 Å². The molecule has 4 rings (SSSR count). The second kappa shape index (κ2) is 12.7. The Labute approximate surface area is 226 Å². The number of benzene rings is 2. The third-order valence-corrected chi connectivity index (χ3v) is 6.90. The largest absolute Gasteiger partial charge is 0.444 e. The van der Waals surface area contributed by atoms with Crippen molar-refractivity contribution in [3.8, 4) is 0 Å². The average molecular weight is 536 g/mol. The minimum Gasteiger partial charge on any atom is -0.444 e. The summed E-state index contributed by atoms with van der Waals surface area (Å²) in [5.74, 6) is -0.0106. The minimum atomic E-state index is -1.03. The van der Waals surface area contributed by atoms with E-state index in [1.165, 1.54) is 11.3 Å². The SMILES string of the molecule is CC(C)CN(C[C@@H](O)[C@H](Cc1ccccc1)NC(=O)OCc1cncs1)C(=O)c1ccc2ncn(C)c2c1. The Hall–Kier alpha value is -3.76. The number of nitrogens with one attached hydrogen (secondary N) is 1. The average Bonchev–Trinajstić information content (AvgIpc) is 3.56. The van der Waals surface area contributed by atoms with E-state index in [0.717, 1.165) is 21.5 Å². The number of aliphatic hydroxyl groups excluding tert-OH is 1. The maximum atomic E-state index is 13.6. The molecule has 2 amide bonds. The van der Waals surface area contributed by atoms with Crippen LogP contribution in [0.15, 0.2) is 66.6 Å². The molecule has 0 spiro atoms. The highest BCUT2D eigenvalue weighted by Crippen LogP contribution is 2.18. The number of aromatic nitrogens is 3. The lowest BCUT2D eigenvalue weighted by atomic mass is 10.00. The molecule has 0 saturated carbocycles. The van der Waals surface area contributed by atoms with Crippen LogP contribution in [0.4, 0.5) is 4.79 Å². The summed E-state index contributed by atoms with van der Waals surface area (Å²) in [5.41, 5.74) is 4.80. The summed E-state index contributed by atoms with van der Waals surface area (Å²) >= 11 is 1.39. The van der Waals surface area contributed by atoms with E-state index >= 15 is 0 Å². The van der Waals surface area contributed by atoms with E-state index in [1.54, 1.807) is 29.0 Å². The third kappa shape index (κ3) is 7.17. The summed E-state index contributed by atoms with van der Waals surface area (Å²) in [6.45, 7) is 4.64. The first-order valence-corrected chi connectivity index (χ1v) is 13.4. The second-order valence-corrected chi connectivity index (χ2v) is 10.7. The quantitative estimate of drug-likeness (QED) is 0.300. The number of hydrogen-bond acceptors (Lipinski definition) is 7. The van der Waals surface area contributed by atoms with Gasteiger partial charge in [-0.25, -0.2) is 9.78 Å². The van der Waals surface area contributed by atoms with E-state index in [0.29, 0.717) is 18.5 Å². The molecule has 4 aromatic rings. The lowest BCUT2D eigenvalue weighted by Gasteiger charge is -2.31. The van der Waals surface area contributed by atoms with Crippen LogP contribution in [0.25, 0.3) is 11.0 Å². The molecule has 0 aliphatic rings. The first kappa shape index (κ1) is 27.3. The van der Waals surface area contributed by atoms with Gasteiger partial charge in [0.1, 0.15) is 6.61 Å². The predicted octanol–water partition coefficient (Wildman–Crippen LogP) is 4.03. The molecule has 0 aliphatic heterocycles. The summed E-state index contributed by atoms with van der Waals surface area (Å²) < 4.78 is 7.22. The van der Waals surface area contributed by atoms with Crippen LogP contribution < -0.4 is 5.32 Å². The zero-order valence-corrected chi connectivity index (χ0v) is 22.6. The summed E-state index contributed by atoms with van der Waals surface area (Å²) in [4.78, 5) is 37.0. The predicted molar refractivity (Wildman–Crippen MR) is 147 cm³/mol. The van der Waals surface area contributed by atoms with Crippen LogP contribution in [-0.4, -0.2) is 61.8 Å². The van der Waals surface area contributed by atoms with Crippen LogP contribution in [0, 0.1) is 5.92 Å². The monoisotopic (exact) mass is 535 g/mol. The Morgan fingerprint density at radius 1 is 1.16 bits per heavy atom. The number of amides is 2. The normalized spacial score (nSPS) is 12.9. The first-order chi connectivity index (χ1) is 18.3. The van der Waals surface area contributed by atoms with E-state index in [2.05, 4.69) is 15.3 Å². The van der Waals surface area contributed by atoms with E-state index in [1.807, 2.05) is 67.9 Å².